The highest BCUT2D eigenvalue weighted by atomic mass is 16.5. The molecule has 6 nitrogen and oxygen atoms in total. The van der Waals surface area contributed by atoms with E-state index in [9.17, 15) is 0 Å². The van der Waals surface area contributed by atoms with E-state index < -0.39 is 0 Å². The van der Waals surface area contributed by atoms with E-state index in [1.807, 2.05) is 27.7 Å². The topological polar surface area (TPSA) is 106 Å². The van der Waals surface area contributed by atoms with Gasteiger partial charge in [0.2, 0.25) is 0 Å². The standard InChI is InChI=1S/2C5H11NO.C4H9NO.2C2H6/c6-5-1-3-7-4-2-5;6-5-2-1-3-7-4-5;5-4-1-2-6-3-4;2*1-2/h2*5H,1-4,6H2;4H,1-3,5H2;2*1-2H3. The minimum Gasteiger partial charge on any atom is -0.381 e. The summed E-state index contributed by atoms with van der Waals surface area (Å²) in [7, 11) is 0. The first kappa shape index (κ1) is 26.0. The van der Waals surface area contributed by atoms with Gasteiger partial charge in [-0.05, 0) is 32.1 Å². The molecule has 0 radical (unpaired) electrons. The molecule has 3 aliphatic rings. The second-order valence-electron chi connectivity index (χ2n) is 5.55. The van der Waals surface area contributed by atoms with Crippen LogP contribution in [0, 0.1) is 0 Å². The molecule has 3 rings (SSSR count). The Kier molecular flexibility index (Phi) is 22.5. The van der Waals surface area contributed by atoms with Crippen LogP contribution in [0.25, 0.3) is 0 Å². The summed E-state index contributed by atoms with van der Waals surface area (Å²) in [4.78, 5) is 0. The van der Waals surface area contributed by atoms with Crippen LogP contribution in [0.5, 0.6) is 0 Å². The van der Waals surface area contributed by atoms with Crippen molar-refractivity contribution in [3.8, 4) is 0 Å². The molecule has 6 heteroatoms. The lowest BCUT2D eigenvalue weighted by molar-refractivity contribution is 0.0822. The van der Waals surface area contributed by atoms with Crippen molar-refractivity contribution in [2.24, 2.45) is 17.2 Å². The first-order chi connectivity index (χ1) is 11.7. The molecule has 3 saturated heterocycles. The minimum absolute atomic E-state index is 0.314. The van der Waals surface area contributed by atoms with Gasteiger partial charge in [-0.25, -0.2) is 0 Å². The van der Waals surface area contributed by atoms with E-state index in [0.717, 1.165) is 71.7 Å². The average molecular weight is 350 g/mol. The zero-order valence-corrected chi connectivity index (χ0v) is 16.5. The Morgan fingerprint density at radius 1 is 0.542 bits per heavy atom. The van der Waals surface area contributed by atoms with Gasteiger partial charge in [-0.1, -0.05) is 27.7 Å². The Labute approximate surface area is 149 Å². The molecular weight excluding hydrogens is 306 g/mol. The van der Waals surface area contributed by atoms with Gasteiger partial charge >= 0.3 is 0 Å². The molecule has 6 N–H and O–H groups in total. The summed E-state index contributed by atoms with van der Waals surface area (Å²) in [6, 6.07) is 1.05. The highest BCUT2D eigenvalue weighted by molar-refractivity contribution is 4.64. The van der Waals surface area contributed by atoms with Crippen molar-refractivity contribution in [3.63, 3.8) is 0 Å². The van der Waals surface area contributed by atoms with Gasteiger partial charge in [0.1, 0.15) is 0 Å². The molecule has 2 atom stereocenters. The van der Waals surface area contributed by atoms with Crippen LogP contribution in [-0.4, -0.2) is 57.8 Å². The molecule has 0 bridgehead atoms. The van der Waals surface area contributed by atoms with Gasteiger partial charge in [-0.2, -0.15) is 0 Å². The van der Waals surface area contributed by atoms with E-state index >= 15 is 0 Å². The first-order valence-corrected chi connectivity index (χ1v) is 9.68. The van der Waals surface area contributed by atoms with Gasteiger partial charge in [0.05, 0.1) is 13.2 Å². The van der Waals surface area contributed by atoms with E-state index in [2.05, 4.69) is 0 Å². The zero-order chi connectivity index (χ0) is 18.6. The van der Waals surface area contributed by atoms with E-state index in [1.54, 1.807) is 0 Å². The van der Waals surface area contributed by atoms with Crippen molar-refractivity contribution < 1.29 is 14.2 Å². The van der Waals surface area contributed by atoms with E-state index in [-0.39, 0.29) is 0 Å². The Morgan fingerprint density at radius 3 is 1.17 bits per heavy atom. The monoisotopic (exact) mass is 349 g/mol. The molecule has 0 aromatic rings. The summed E-state index contributed by atoms with van der Waals surface area (Å²) in [5.41, 5.74) is 16.5. The predicted octanol–water partition coefficient (Wildman–Crippen LogP) is 2.03. The van der Waals surface area contributed by atoms with Crippen molar-refractivity contribution in [1.29, 1.82) is 0 Å². The van der Waals surface area contributed by atoms with Crippen LogP contribution in [0.15, 0.2) is 0 Å². The number of ether oxygens (including phenoxy) is 3. The summed E-state index contributed by atoms with van der Waals surface area (Å²) in [5, 5.41) is 0. The van der Waals surface area contributed by atoms with Crippen LogP contribution in [0.3, 0.4) is 0 Å². The summed E-state index contributed by atoms with van der Waals surface area (Å²) in [5.74, 6) is 0. The van der Waals surface area contributed by atoms with Gasteiger partial charge in [-0.3, -0.25) is 0 Å². The lowest BCUT2D eigenvalue weighted by Crippen LogP contribution is -2.30. The van der Waals surface area contributed by atoms with Gasteiger partial charge in [-0.15, -0.1) is 0 Å². The Bertz CT molecular complexity index is 200. The number of hydrogen-bond donors (Lipinski definition) is 3. The third-order valence-electron chi connectivity index (χ3n) is 3.43. The third kappa shape index (κ3) is 18.1. The summed E-state index contributed by atoms with van der Waals surface area (Å²) in [6.07, 6.45) is 5.40. The fraction of sp³-hybridized carbons (Fsp3) is 1.00. The molecule has 3 fully saturated rings. The fourth-order valence-electron chi connectivity index (χ4n) is 2.03. The van der Waals surface area contributed by atoms with Crippen LogP contribution >= 0.6 is 0 Å². The molecule has 0 spiro atoms. The molecule has 3 heterocycles. The van der Waals surface area contributed by atoms with Crippen LogP contribution in [-0.2, 0) is 14.2 Å². The second kappa shape index (κ2) is 20.8. The van der Waals surface area contributed by atoms with Crippen LogP contribution in [0.4, 0.5) is 0 Å². The summed E-state index contributed by atoms with van der Waals surface area (Å²) < 4.78 is 15.0. The van der Waals surface area contributed by atoms with Gasteiger partial charge in [0, 0.05) is 44.6 Å². The molecule has 0 aromatic carbocycles. The highest BCUT2D eigenvalue weighted by Gasteiger charge is 2.08. The van der Waals surface area contributed by atoms with Crippen molar-refractivity contribution in [3.05, 3.63) is 0 Å². The maximum Gasteiger partial charge on any atom is 0.0618 e. The van der Waals surface area contributed by atoms with E-state index in [0.29, 0.717) is 18.1 Å². The summed E-state index contributed by atoms with van der Waals surface area (Å²) >= 11 is 0. The molecule has 0 saturated carbocycles. The largest absolute Gasteiger partial charge is 0.381 e. The van der Waals surface area contributed by atoms with E-state index in [1.165, 1.54) is 0 Å². The first-order valence-electron chi connectivity index (χ1n) is 9.68. The lowest BCUT2D eigenvalue weighted by Gasteiger charge is -2.16. The second-order valence-corrected chi connectivity index (χ2v) is 5.55. The van der Waals surface area contributed by atoms with Gasteiger partial charge in [0.25, 0.3) is 0 Å². The number of rotatable bonds is 0. The Balaban J connectivity index is 0. The average Bonchev–Trinajstić information content (AvgIpc) is 3.12. The third-order valence-corrected chi connectivity index (χ3v) is 3.43. The van der Waals surface area contributed by atoms with Crippen LogP contribution in [0.1, 0.15) is 59.8 Å². The number of nitrogens with two attached hydrogens (primary N) is 3. The number of hydrogen-bond acceptors (Lipinski definition) is 6. The Hall–Kier alpha value is -0.240. The molecule has 0 aliphatic carbocycles. The van der Waals surface area contributed by atoms with Crippen molar-refractivity contribution in [2.75, 3.05) is 39.6 Å². The molecular formula is C18H43N3O3. The maximum atomic E-state index is 5.55. The lowest BCUT2D eigenvalue weighted by atomic mass is 10.1. The minimum atomic E-state index is 0.314. The quantitative estimate of drug-likeness (QED) is 0.618. The maximum absolute atomic E-state index is 5.55. The van der Waals surface area contributed by atoms with Crippen molar-refractivity contribution in [1.82, 2.24) is 0 Å². The smallest absolute Gasteiger partial charge is 0.0618 e. The van der Waals surface area contributed by atoms with Crippen LogP contribution in [0.2, 0.25) is 0 Å². The van der Waals surface area contributed by atoms with Crippen molar-refractivity contribution >= 4 is 0 Å². The fourth-order valence-corrected chi connectivity index (χ4v) is 2.03. The van der Waals surface area contributed by atoms with Gasteiger partial charge < -0.3 is 31.4 Å². The van der Waals surface area contributed by atoms with E-state index in [4.69, 9.17) is 31.4 Å². The van der Waals surface area contributed by atoms with Crippen LogP contribution < -0.4 is 17.2 Å². The molecule has 3 aliphatic heterocycles. The molecule has 0 amide bonds. The molecule has 148 valence electrons. The van der Waals surface area contributed by atoms with Crippen molar-refractivity contribution in [2.45, 2.75) is 77.9 Å². The normalized spacial score (nSPS) is 26.1. The summed E-state index contributed by atoms with van der Waals surface area (Å²) in [6.45, 7) is 13.0. The highest BCUT2D eigenvalue weighted by Crippen LogP contribution is 2.02. The SMILES string of the molecule is CC.CC.NC1CCCOC1.NC1CCOC1.NC1CCOCC1. The Morgan fingerprint density at radius 2 is 0.958 bits per heavy atom. The zero-order valence-electron chi connectivity index (χ0n) is 16.5. The van der Waals surface area contributed by atoms with Gasteiger partial charge in [0.15, 0.2) is 0 Å². The molecule has 2 unspecified atom stereocenters. The molecule has 0 aromatic heterocycles. The predicted molar refractivity (Wildman–Crippen MR) is 102 cm³/mol. The molecule has 24 heavy (non-hydrogen) atoms.